The van der Waals surface area contributed by atoms with Crippen LogP contribution in [0.1, 0.15) is 45.2 Å². The number of hydroxylamine groups is 2. The normalized spacial score (nSPS) is 16.1. The number of hydrogen-bond acceptors (Lipinski definition) is 8. The molecule has 0 spiro atoms. The lowest BCUT2D eigenvalue weighted by atomic mass is 9.91. The van der Waals surface area contributed by atoms with Crippen LogP contribution in [0.25, 0.3) is 0 Å². The van der Waals surface area contributed by atoms with Gasteiger partial charge >= 0.3 is 6.18 Å². The lowest BCUT2D eigenvalue weighted by Crippen LogP contribution is -2.41. The topological polar surface area (TPSA) is 120 Å². The first kappa shape index (κ1) is 26.6. The van der Waals surface area contributed by atoms with E-state index in [0.717, 1.165) is 25.3 Å². The third-order valence-electron chi connectivity index (χ3n) is 5.27. The maximum absolute atomic E-state index is 13.4. The second kappa shape index (κ2) is 12.5. The van der Waals surface area contributed by atoms with Crippen molar-refractivity contribution in [3.8, 4) is 0 Å². The van der Waals surface area contributed by atoms with Crippen molar-refractivity contribution in [2.45, 2.75) is 45.7 Å². The van der Waals surface area contributed by atoms with Gasteiger partial charge in [0.05, 0.1) is 25.7 Å². The predicted molar refractivity (Wildman–Crippen MR) is 113 cm³/mol. The van der Waals surface area contributed by atoms with Gasteiger partial charge in [-0.05, 0) is 12.3 Å². The highest BCUT2D eigenvalue weighted by Crippen LogP contribution is 2.30. The molecular weight excluding hydrogens is 445 g/mol. The Morgan fingerprint density at radius 3 is 2.67 bits per heavy atom. The zero-order valence-corrected chi connectivity index (χ0v) is 18.8. The molecule has 1 fully saturated rings. The number of anilines is 2. The van der Waals surface area contributed by atoms with Crippen molar-refractivity contribution in [3.05, 3.63) is 11.8 Å². The molecule has 3 N–H and O–H groups in total. The van der Waals surface area contributed by atoms with Crippen LogP contribution in [0.5, 0.6) is 0 Å². The zero-order chi connectivity index (χ0) is 24.4. The summed E-state index contributed by atoms with van der Waals surface area (Å²) < 4.78 is 45.3. The van der Waals surface area contributed by atoms with E-state index in [2.05, 4.69) is 20.8 Å². The Labute approximate surface area is 190 Å². The maximum atomic E-state index is 13.4. The number of aromatic nitrogens is 2. The van der Waals surface area contributed by atoms with E-state index < -0.39 is 29.6 Å². The molecule has 186 valence electrons. The number of halogens is 3. The number of unbranched alkanes of at least 4 members (excludes halogenated alkanes) is 1. The zero-order valence-electron chi connectivity index (χ0n) is 18.8. The summed E-state index contributed by atoms with van der Waals surface area (Å²) >= 11 is 0. The van der Waals surface area contributed by atoms with Crippen LogP contribution in [0.15, 0.2) is 6.07 Å². The fourth-order valence-corrected chi connectivity index (χ4v) is 3.50. The van der Waals surface area contributed by atoms with Crippen molar-refractivity contribution in [2.75, 3.05) is 43.2 Å². The van der Waals surface area contributed by atoms with E-state index in [1.54, 1.807) is 4.90 Å². The molecule has 0 aromatic carbocycles. The van der Waals surface area contributed by atoms with E-state index in [1.165, 1.54) is 0 Å². The molecule has 0 radical (unpaired) electrons. The molecule has 0 saturated carbocycles. The van der Waals surface area contributed by atoms with Gasteiger partial charge in [-0.2, -0.15) is 18.2 Å². The number of carbonyl (C=O) groups excluding carboxylic acids is 2. The second-order valence-corrected chi connectivity index (χ2v) is 8.05. The molecule has 2 unspecified atom stereocenters. The maximum Gasteiger partial charge on any atom is 0.433 e. The van der Waals surface area contributed by atoms with Crippen molar-refractivity contribution < 1.29 is 32.7 Å². The van der Waals surface area contributed by atoms with E-state index in [-0.39, 0.29) is 24.7 Å². The Bertz CT molecular complexity index is 777. The fourth-order valence-electron chi connectivity index (χ4n) is 3.50. The Kier molecular flexibility index (Phi) is 10.1. The molecule has 2 amide bonds. The first-order valence-corrected chi connectivity index (χ1v) is 10.9. The molecule has 1 aliphatic heterocycles. The van der Waals surface area contributed by atoms with Crippen LogP contribution in [0.4, 0.5) is 24.9 Å². The number of rotatable bonds is 12. The molecule has 2 rings (SSSR count). The van der Waals surface area contributed by atoms with Gasteiger partial charge in [-0.15, -0.1) is 0 Å². The van der Waals surface area contributed by atoms with Crippen LogP contribution >= 0.6 is 0 Å². The largest absolute Gasteiger partial charge is 0.433 e. The van der Waals surface area contributed by atoms with Crippen molar-refractivity contribution >= 4 is 24.1 Å². The molecule has 2 heterocycles. The average molecular weight is 477 g/mol. The molecule has 1 aromatic heterocycles. The molecule has 10 nitrogen and oxygen atoms in total. The van der Waals surface area contributed by atoms with Crippen molar-refractivity contribution in [3.63, 3.8) is 0 Å². The number of amides is 2. The average Bonchev–Trinajstić information content (AvgIpc) is 2.80. The predicted octanol–water partition coefficient (Wildman–Crippen LogP) is 2.46. The quantitative estimate of drug-likeness (QED) is 0.239. The van der Waals surface area contributed by atoms with Gasteiger partial charge in [-0.1, -0.05) is 33.1 Å². The SMILES string of the molecule is CCCCC(C)CC(CN(O)C=O)C(=O)NNc1nc(N2CCOCC2)cc(C(F)(F)F)n1. The summed E-state index contributed by atoms with van der Waals surface area (Å²) in [6.07, 6.45) is -1.33. The van der Waals surface area contributed by atoms with E-state index in [0.29, 0.717) is 37.8 Å². The van der Waals surface area contributed by atoms with Gasteiger partial charge in [0.1, 0.15) is 5.82 Å². The molecule has 0 aliphatic carbocycles. The third-order valence-corrected chi connectivity index (χ3v) is 5.27. The van der Waals surface area contributed by atoms with E-state index in [1.807, 2.05) is 13.8 Å². The summed E-state index contributed by atoms with van der Waals surface area (Å²) in [5.74, 6) is -1.62. The fraction of sp³-hybridized carbons (Fsp3) is 0.700. The van der Waals surface area contributed by atoms with Crippen molar-refractivity contribution in [1.29, 1.82) is 0 Å². The van der Waals surface area contributed by atoms with Gasteiger partial charge in [-0.3, -0.25) is 25.6 Å². The number of hydrazine groups is 1. The minimum absolute atomic E-state index is 0.0598. The van der Waals surface area contributed by atoms with E-state index >= 15 is 0 Å². The number of nitrogens with one attached hydrogen (secondary N) is 2. The second-order valence-electron chi connectivity index (χ2n) is 8.05. The van der Waals surface area contributed by atoms with E-state index in [9.17, 15) is 28.0 Å². The molecule has 0 bridgehead atoms. The molecular formula is C20H31F3N6O4. The summed E-state index contributed by atoms with van der Waals surface area (Å²) in [7, 11) is 0. The minimum Gasteiger partial charge on any atom is -0.378 e. The van der Waals surface area contributed by atoms with Crippen LogP contribution in [0.2, 0.25) is 0 Å². The molecule has 1 aliphatic rings. The van der Waals surface area contributed by atoms with Crippen molar-refractivity contribution in [1.82, 2.24) is 20.5 Å². The van der Waals surface area contributed by atoms with Crippen LogP contribution in [-0.2, 0) is 20.5 Å². The Balaban J connectivity index is 2.14. The number of alkyl halides is 3. The summed E-state index contributed by atoms with van der Waals surface area (Å²) in [5, 5.41) is 9.93. The molecule has 1 aromatic rings. The Morgan fingerprint density at radius 2 is 2.06 bits per heavy atom. The highest BCUT2D eigenvalue weighted by molar-refractivity contribution is 5.80. The van der Waals surface area contributed by atoms with Crippen LogP contribution < -0.4 is 15.8 Å². The number of morpholine rings is 1. The van der Waals surface area contributed by atoms with Crippen LogP contribution in [0, 0.1) is 11.8 Å². The van der Waals surface area contributed by atoms with Crippen LogP contribution in [-0.4, -0.2) is 65.4 Å². The monoisotopic (exact) mass is 476 g/mol. The molecule has 33 heavy (non-hydrogen) atoms. The lowest BCUT2D eigenvalue weighted by Gasteiger charge is -2.28. The van der Waals surface area contributed by atoms with Gasteiger partial charge in [0.25, 0.3) is 0 Å². The smallest absolute Gasteiger partial charge is 0.378 e. The highest BCUT2D eigenvalue weighted by Gasteiger charge is 2.34. The number of ether oxygens (including phenoxy) is 1. The summed E-state index contributed by atoms with van der Waals surface area (Å²) in [5.41, 5.74) is 3.53. The third kappa shape index (κ3) is 8.65. The first-order valence-electron chi connectivity index (χ1n) is 10.9. The Morgan fingerprint density at radius 1 is 1.36 bits per heavy atom. The van der Waals surface area contributed by atoms with Gasteiger partial charge < -0.3 is 9.64 Å². The van der Waals surface area contributed by atoms with Gasteiger partial charge in [-0.25, -0.2) is 10.0 Å². The highest BCUT2D eigenvalue weighted by atomic mass is 19.4. The van der Waals surface area contributed by atoms with Gasteiger partial charge in [0.15, 0.2) is 5.69 Å². The minimum atomic E-state index is -4.71. The summed E-state index contributed by atoms with van der Waals surface area (Å²) in [6, 6.07) is 0.851. The molecule has 2 atom stereocenters. The number of carbonyl (C=O) groups is 2. The van der Waals surface area contributed by atoms with E-state index in [4.69, 9.17) is 4.74 Å². The first-order chi connectivity index (χ1) is 15.6. The van der Waals surface area contributed by atoms with Crippen molar-refractivity contribution in [2.24, 2.45) is 11.8 Å². The molecule has 1 saturated heterocycles. The standard InChI is InChI=1S/C20H31F3N6O4/c1-3-4-5-14(2)10-15(12-29(32)13-30)18(31)26-27-19-24-16(20(21,22)23)11-17(25-19)28-6-8-33-9-7-28/h11,13-15,32H,3-10,12H2,1-2H3,(H,26,31)(H,24,25,27). The lowest BCUT2D eigenvalue weighted by molar-refractivity contribution is -0.154. The summed E-state index contributed by atoms with van der Waals surface area (Å²) in [4.78, 5) is 32.7. The number of hydrogen-bond donors (Lipinski definition) is 3. The van der Waals surface area contributed by atoms with Crippen LogP contribution in [0.3, 0.4) is 0 Å². The van der Waals surface area contributed by atoms with Gasteiger partial charge in [0.2, 0.25) is 18.3 Å². The summed E-state index contributed by atoms with van der Waals surface area (Å²) in [6.45, 7) is 5.20. The number of nitrogens with zero attached hydrogens (tertiary/aromatic N) is 4. The van der Waals surface area contributed by atoms with Gasteiger partial charge in [0, 0.05) is 19.2 Å². The Hall–Kier alpha value is -2.67. The molecule has 13 heteroatoms.